The Morgan fingerprint density at radius 3 is 2.62 bits per heavy atom. The van der Waals surface area contributed by atoms with E-state index in [4.69, 9.17) is 0 Å². The van der Waals surface area contributed by atoms with Crippen LogP contribution in [-0.4, -0.2) is 23.8 Å². The summed E-state index contributed by atoms with van der Waals surface area (Å²) < 4.78 is 0. The molecule has 0 fully saturated rings. The minimum absolute atomic E-state index is 0.413. The van der Waals surface area contributed by atoms with Crippen LogP contribution in [0.3, 0.4) is 0 Å². The minimum atomic E-state index is 0.413. The van der Waals surface area contributed by atoms with Gasteiger partial charge in [-0.25, -0.2) is 0 Å². The van der Waals surface area contributed by atoms with Crippen molar-refractivity contribution in [2.75, 3.05) is 12.4 Å². The van der Waals surface area contributed by atoms with E-state index in [1.54, 1.807) is 6.20 Å². The summed E-state index contributed by atoms with van der Waals surface area (Å²) in [5.74, 6) is 0. The Morgan fingerprint density at radius 2 is 2.12 bits per heavy atom. The average molecular weight is 215 g/mol. The lowest BCUT2D eigenvalue weighted by atomic mass is 10.0. The summed E-state index contributed by atoms with van der Waals surface area (Å²) in [6, 6.07) is 8.75. The summed E-state index contributed by atoms with van der Waals surface area (Å²) in [5, 5.41) is 9.55. The first-order valence-corrected chi connectivity index (χ1v) is 5.51. The molecule has 0 saturated carbocycles. The summed E-state index contributed by atoms with van der Waals surface area (Å²) in [4.78, 5) is 0. The fraction of sp³-hybridized carbons (Fsp3) is 0.308. The molecule has 0 amide bonds. The first kappa shape index (κ1) is 10.7. The van der Waals surface area contributed by atoms with Crippen molar-refractivity contribution in [3.05, 3.63) is 42.6 Å². The number of hydrazone groups is 1. The van der Waals surface area contributed by atoms with Gasteiger partial charge in [0.05, 0.1) is 11.8 Å². The number of hydrogen-bond donors (Lipinski definition) is 1. The highest BCUT2D eigenvalue weighted by atomic mass is 15.5. The van der Waals surface area contributed by atoms with Crippen molar-refractivity contribution in [1.29, 1.82) is 0 Å². The van der Waals surface area contributed by atoms with Gasteiger partial charge in [-0.15, -0.1) is 0 Å². The van der Waals surface area contributed by atoms with Crippen molar-refractivity contribution in [2.24, 2.45) is 5.10 Å². The van der Waals surface area contributed by atoms with Gasteiger partial charge < -0.3 is 5.32 Å². The Balaban J connectivity index is 2.22. The van der Waals surface area contributed by atoms with Crippen molar-refractivity contribution >= 4 is 11.4 Å². The molecular weight excluding hydrogens is 198 g/mol. The summed E-state index contributed by atoms with van der Waals surface area (Å²) in [6.07, 6.45) is 2.75. The first-order chi connectivity index (χ1) is 7.74. The number of nitrogens with one attached hydrogen (secondary N) is 1. The van der Waals surface area contributed by atoms with Crippen molar-refractivity contribution in [3.8, 4) is 0 Å². The molecule has 1 aliphatic heterocycles. The van der Waals surface area contributed by atoms with E-state index in [9.17, 15) is 0 Å². The van der Waals surface area contributed by atoms with Crippen LogP contribution in [0, 0.1) is 0 Å². The number of benzene rings is 1. The van der Waals surface area contributed by atoms with Crippen LogP contribution >= 0.6 is 0 Å². The molecule has 2 rings (SSSR count). The largest absolute Gasteiger partial charge is 0.388 e. The molecule has 1 heterocycles. The van der Waals surface area contributed by atoms with Gasteiger partial charge >= 0.3 is 0 Å². The van der Waals surface area contributed by atoms with Gasteiger partial charge in [-0.05, 0) is 24.6 Å². The summed E-state index contributed by atoms with van der Waals surface area (Å²) in [6.45, 7) is 5.91. The molecule has 1 aromatic rings. The van der Waals surface area contributed by atoms with Gasteiger partial charge in [-0.3, -0.25) is 5.01 Å². The van der Waals surface area contributed by atoms with Gasteiger partial charge in [-0.2, -0.15) is 5.10 Å². The summed E-state index contributed by atoms with van der Waals surface area (Å²) in [5.41, 5.74) is 3.45. The van der Waals surface area contributed by atoms with Crippen LogP contribution in [0.1, 0.15) is 18.9 Å². The van der Waals surface area contributed by atoms with E-state index in [1.807, 2.05) is 12.1 Å². The molecule has 0 aliphatic carbocycles. The van der Waals surface area contributed by atoms with E-state index in [-0.39, 0.29) is 0 Å². The highest BCUT2D eigenvalue weighted by Gasteiger charge is 2.21. The maximum absolute atomic E-state index is 4.52. The Labute approximate surface area is 96.5 Å². The molecule has 84 valence electrons. The Morgan fingerprint density at radius 1 is 1.44 bits per heavy atom. The van der Waals surface area contributed by atoms with E-state index >= 15 is 0 Å². The lowest BCUT2D eigenvalue weighted by molar-refractivity contribution is 0.344. The average Bonchev–Trinajstić information content (AvgIpc) is 2.71. The first-order valence-electron chi connectivity index (χ1n) is 5.51. The normalized spacial score (nSPS) is 19.5. The zero-order valence-corrected chi connectivity index (χ0v) is 9.77. The highest BCUT2D eigenvalue weighted by Crippen LogP contribution is 2.20. The Bertz CT molecular complexity index is 406. The fourth-order valence-electron chi connectivity index (χ4n) is 1.88. The number of rotatable bonds is 3. The van der Waals surface area contributed by atoms with Crippen molar-refractivity contribution in [3.63, 3.8) is 0 Å². The zero-order valence-electron chi connectivity index (χ0n) is 9.77. The zero-order chi connectivity index (χ0) is 11.5. The van der Waals surface area contributed by atoms with Crippen LogP contribution < -0.4 is 5.32 Å². The molecule has 1 N–H and O–H groups in total. The third kappa shape index (κ3) is 1.94. The van der Waals surface area contributed by atoms with Crippen LogP contribution in [-0.2, 0) is 0 Å². The summed E-state index contributed by atoms with van der Waals surface area (Å²) >= 11 is 0. The lowest BCUT2D eigenvalue weighted by Gasteiger charge is -2.12. The third-order valence-electron chi connectivity index (χ3n) is 2.87. The van der Waals surface area contributed by atoms with Gasteiger partial charge in [0.2, 0.25) is 0 Å². The number of hydrogen-bond acceptors (Lipinski definition) is 3. The molecule has 0 spiro atoms. The van der Waals surface area contributed by atoms with Gasteiger partial charge in [0.1, 0.15) is 0 Å². The van der Waals surface area contributed by atoms with E-state index in [0.717, 1.165) is 17.8 Å². The number of nitrogens with zero attached hydrogens (tertiary/aromatic N) is 2. The Hall–Kier alpha value is -1.77. The number of anilines is 1. The molecule has 1 aromatic carbocycles. The molecule has 0 saturated heterocycles. The van der Waals surface area contributed by atoms with Gasteiger partial charge in [0.25, 0.3) is 0 Å². The second kappa shape index (κ2) is 4.39. The monoisotopic (exact) mass is 215 g/mol. The molecule has 3 heteroatoms. The molecule has 1 atom stereocenters. The fourth-order valence-corrected chi connectivity index (χ4v) is 1.88. The van der Waals surface area contributed by atoms with E-state index in [2.05, 4.69) is 48.2 Å². The van der Waals surface area contributed by atoms with Crippen LogP contribution in [0.2, 0.25) is 0 Å². The third-order valence-corrected chi connectivity index (χ3v) is 2.87. The second-order valence-electron chi connectivity index (χ2n) is 3.99. The highest BCUT2D eigenvalue weighted by molar-refractivity contribution is 6.01. The van der Waals surface area contributed by atoms with Crippen LogP contribution in [0.4, 0.5) is 5.69 Å². The molecule has 1 unspecified atom stereocenters. The summed E-state index contributed by atoms with van der Waals surface area (Å²) in [7, 11) is 1.92. The molecule has 0 radical (unpaired) electrons. The lowest BCUT2D eigenvalue weighted by Crippen LogP contribution is -2.16. The van der Waals surface area contributed by atoms with Gasteiger partial charge in [0, 0.05) is 25.4 Å². The maximum atomic E-state index is 4.52. The minimum Gasteiger partial charge on any atom is -0.388 e. The predicted octanol–water partition coefficient (Wildman–Crippen LogP) is 2.67. The van der Waals surface area contributed by atoms with E-state index in [0.29, 0.717) is 6.04 Å². The smallest absolute Gasteiger partial charge is 0.0702 e. The second-order valence-corrected chi connectivity index (χ2v) is 3.99. The van der Waals surface area contributed by atoms with Crippen molar-refractivity contribution in [1.82, 2.24) is 5.01 Å². The standard InChI is InChI=1S/C13H17N3/c1-4-16-10(2)9-13(15-16)11-5-7-12(14-3)8-6-11/h4-8,10,14H,1,9H2,2-3H3. The maximum Gasteiger partial charge on any atom is 0.0702 e. The molecule has 0 bridgehead atoms. The van der Waals surface area contributed by atoms with Crippen LogP contribution in [0.25, 0.3) is 0 Å². The quantitative estimate of drug-likeness (QED) is 0.839. The van der Waals surface area contributed by atoms with Gasteiger partial charge in [-0.1, -0.05) is 18.7 Å². The Kier molecular flexibility index (Phi) is 2.95. The molecule has 16 heavy (non-hydrogen) atoms. The van der Waals surface area contributed by atoms with Crippen molar-refractivity contribution < 1.29 is 0 Å². The molecule has 1 aliphatic rings. The van der Waals surface area contributed by atoms with Crippen LogP contribution in [0.5, 0.6) is 0 Å². The van der Waals surface area contributed by atoms with Crippen LogP contribution in [0.15, 0.2) is 42.1 Å². The predicted molar refractivity (Wildman–Crippen MR) is 68.6 cm³/mol. The topological polar surface area (TPSA) is 27.6 Å². The molecular formula is C13H17N3. The SMILES string of the molecule is C=CN1N=C(c2ccc(NC)cc2)CC1C. The van der Waals surface area contributed by atoms with Crippen molar-refractivity contribution in [2.45, 2.75) is 19.4 Å². The van der Waals surface area contributed by atoms with E-state index < -0.39 is 0 Å². The van der Waals surface area contributed by atoms with Gasteiger partial charge in [0.15, 0.2) is 0 Å². The van der Waals surface area contributed by atoms with E-state index in [1.165, 1.54) is 5.56 Å². The molecule has 3 nitrogen and oxygen atoms in total. The molecule has 0 aromatic heterocycles.